The predicted molar refractivity (Wildman–Crippen MR) is 84.4 cm³/mol. The zero-order valence-electron chi connectivity index (χ0n) is 12.0. The molecule has 1 aromatic rings. The first-order valence-corrected chi connectivity index (χ1v) is 7.43. The molecule has 0 heterocycles. The van der Waals surface area contributed by atoms with Gasteiger partial charge in [0, 0.05) is 5.56 Å². The van der Waals surface area contributed by atoms with Crippen molar-refractivity contribution in [1.82, 2.24) is 5.32 Å². The van der Waals surface area contributed by atoms with E-state index in [1.54, 1.807) is 12.1 Å². The largest absolute Gasteiger partial charge is 0.319 e. The predicted octanol–water partition coefficient (Wildman–Crippen LogP) is 2.78. The van der Waals surface area contributed by atoms with Crippen molar-refractivity contribution >= 4 is 40.7 Å². The second-order valence-corrected chi connectivity index (χ2v) is 8.26. The summed E-state index contributed by atoms with van der Waals surface area (Å²) in [6.45, 7) is 7.87. The van der Waals surface area contributed by atoms with Crippen LogP contribution in [-0.2, 0) is 0 Å². The van der Waals surface area contributed by atoms with E-state index in [4.69, 9.17) is 34.8 Å². The molecule has 3 nitrogen and oxygen atoms in total. The van der Waals surface area contributed by atoms with Crippen LogP contribution in [0.1, 0.15) is 36.7 Å². The Balaban J connectivity index is 2.88. The van der Waals surface area contributed by atoms with E-state index in [0.29, 0.717) is 5.56 Å². The Morgan fingerprint density at radius 3 is 2.30 bits per heavy atom. The highest BCUT2D eigenvalue weighted by Gasteiger charge is 2.40. The highest BCUT2D eigenvalue weighted by molar-refractivity contribution is 6.68. The van der Waals surface area contributed by atoms with Crippen LogP contribution >= 0.6 is 34.8 Å². The molecule has 6 heteroatoms. The summed E-state index contributed by atoms with van der Waals surface area (Å²) in [5.74, 6) is -0.259. The Labute approximate surface area is 135 Å². The fourth-order valence-electron chi connectivity index (χ4n) is 1.73. The van der Waals surface area contributed by atoms with Gasteiger partial charge in [-0.1, -0.05) is 52.5 Å². The van der Waals surface area contributed by atoms with Crippen LogP contribution in [0.15, 0.2) is 24.3 Å². The molecule has 1 rings (SSSR count). The van der Waals surface area contributed by atoms with Gasteiger partial charge in [-0.25, -0.2) is 0 Å². The van der Waals surface area contributed by atoms with Gasteiger partial charge in [0.2, 0.25) is 6.17 Å². The van der Waals surface area contributed by atoms with Crippen LogP contribution in [0.3, 0.4) is 0 Å². The van der Waals surface area contributed by atoms with E-state index in [0.717, 1.165) is 5.56 Å². The summed E-state index contributed by atoms with van der Waals surface area (Å²) in [6, 6.07) is 7.27. The Kier molecular flexibility index (Phi) is 5.73. The van der Waals surface area contributed by atoms with Crippen LogP contribution in [0.4, 0.5) is 0 Å². The second-order valence-electron chi connectivity index (χ2n) is 5.89. The molecule has 0 aliphatic carbocycles. The molecule has 1 amide bonds. The summed E-state index contributed by atoms with van der Waals surface area (Å²) in [5, 5.41) is 4.59. The number of carbonyl (C=O) groups excluding carboxylic acids is 1. The average molecular weight is 339 g/mol. The van der Waals surface area contributed by atoms with Crippen molar-refractivity contribution in [3.05, 3.63) is 35.4 Å². The van der Waals surface area contributed by atoms with Crippen molar-refractivity contribution in [2.75, 3.05) is 0 Å². The van der Waals surface area contributed by atoms with Crippen molar-refractivity contribution in [3.63, 3.8) is 0 Å². The lowest BCUT2D eigenvalue weighted by atomic mass is 10.1. The van der Waals surface area contributed by atoms with Crippen molar-refractivity contribution in [1.29, 1.82) is 0 Å². The lowest BCUT2D eigenvalue weighted by molar-refractivity contribution is -0.749. The fraction of sp³-hybridized carbons (Fsp3) is 0.500. The first-order chi connectivity index (χ1) is 8.99. The van der Waals surface area contributed by atoms with Crippen LogP contribution in [-0.4, -0.2) is 21.4 Å². The zero-order valence-corrected chi connectivity index (χ0v) is 14.3. The third-order valence-corrected chi connectivity index (χ3v) is 3.29. The van der Waals surface area contributed by atoms with Crippen molar-refractivity contribution < 1.29 is 10.1 Å². The minimum Gasteiger partial charge on any atom is -0.319 e. The molecule has 0 saturated carbocycles. The van der Waals surface area contributed by atoms with Crippen molar-refractivity contribution in [2.45, 2.75) is 43.2 Å². The molecule has 1 aromatic carbocycles. The molecule has 0 aliphatic heterocycles. The van der Waals surface area contributed by atoms with Gasteiger partial charge in [0.25, 0.3) is 9.70 Å². The smallest absolute Gasteiger partial charge is 0.262 e. The summed E-state index contributed by atoms with van der Waals surface area (Å²) in [4.78, 5) is 12.2. The van der Waals surface area contributed by atoms with E-state index < -0.39 is 9.96 Å². The molecular weight excluding hydrogens is 319 g/mol. The van der Waals surface area contributed by atoms with E-state index in [1.165, 1.54) is 0 Å². The van der Waals surface area contributed by atoms with E-state index in [2.05, 4.69) is 5.32 Å². The summed E-state index contributed by atoms with van der Waals surface area (Å²) < 4.78 is -1.59. The highest BCUT2D eigenvalue weighted by atomic mass is 35.6. The maximum Gasteiger partial charge on any atom is 0.262 e. The summed E-state index contributed by atoms with van der Waals surface area (Å²) >= 11 is 17.9. The number of halogens is 3. The number of alkyl halides is 3. The monoisotopic (exact) mass is 337 g/mol. The minimum absolute atomic E-state index is 0.186. The summed E-state index contributed by atoms with van der Waals surface area (Å²) in [7, 11) is 0. The molecule has 0 saturated heterocycles. The molecule has 20 heavy (non-hydrogen) atoms. The molecule has 112 valence electrons. The van der Waals surface area contributed by atoms with Gasteiger partial charge in [0.15, 0.2) is 0 Å². The maximum atomic E-state index is 12.2. The van der Waals surface area contributed by atoms with Gasteiger partial charge in [-0.3, -0.25) is 10.1 Å². The summed E-state index contributed by atoms with van der Waals surface area (Å²) in [6.07, 6.45) is -0.666. The molecular formula is C14H20Cl3N2O+. The quantitative estimate of drug-likeness (QED) is 0.646. The van der Waals surface area contributed by atoms with Crippen LogP contribution < -0.4 is 10.6 Å². The fourth-order valence-corrected chi connectivity index (χ4v) is 2.08. The Bertz CT molecular complexity index is 478. The van der Waals surface area contributed by atoms with Gasteiger partial charge < -0.3 is 5.32 Å². The number of carbonyl (C=O) groups is 1. The zero-order chi connectivity index (χ0) is 15.6. The SMILES string of the molecule is Cc1cccc(C(=O)N[C@H]([NH2+]C(C)(C)C)C(Cl)(Cl)Cl)c1. The number of nitrogens with one attached hydrogen (secondary N) is 1. The molecule has 0 spiro atoms. The normalized spacial score (nSPS) is 13.9. The third kappa shape index (κ3) is 5.88. The Morgan fingerprint density at radius 2 is 1.85 bits per heavy atom. The molecule has 0 bridgehead atoms. The van der Waals surface area contributed by atoms with Gasteiger partial charge in [-0.15, -0.1) is 0 Å². The van der Waals surface area contributed by atoms with Gasteiger partial charge in [0.05, 0.1) is 5.54 Å². The van der Waals surface area contributed by atoms with Crippen LogP contribution in [0, 0.1) is 6.92 Å². The lowest BCUT2D eigenvalue weighted by Crippen LogP contribution is -3.03. The van der Waals surface area contributed by atoms with Crippen molar-refractivity contribution in [2.24, 2.45) is 0 Å². The molecule has 3 N–H and O–H groups in total. The average Bonchev–Trinajstić information content (AvgIpc) is 2.25. The van der Waals surface area contributed by atoms with E-state index in [1.807, 2.05) is 45.1 Å². The number of rotatable bonds is 3. The maximum absolute atomic E-state index is 12.2. The topological polar surface area (TPSA) is 45.7 Å². The van der Waals surface area contributed by atoms with Crippen LogP contribution in [0.2, 0.25) is 0 Å². The Morgan fingerprint density at radius 1 is 1.25 bits per heavy atom. The van der Waals surface area contributed by atoms with E-state index >= 15 is 0 Å². The number of nitrogens with two attached hydrogens (primary N) is 1. The minimum atomic E-state index is -1.59. The molecule has 0 fully saturated rings. The summed E-state index contributed by atoms with van der Waals surface area (Å²) in [5.41, 5.74) is 1.36. The molecule has 0 aliphatic rings. The first kappa shape index (κ1) is 17.6. The highest BCUT2D eigenvalue weighted by Crippen LogP contribution is 2.28. The molecule has 1 atom stereocenters. The molecule has 0 aromatic heterocycles. The molecule has 0 unspecified atom stereocenters. The standard InChI is InChI=1S/C14H19Cl3N2O/c1-9-6-5-7-10(8-9)11(20)18-12(14(15,16)17)19-13(2,3)4/h5-8,12,19H,1-4H3,(H,18,20)/p+1/t12-/m1/s1. The first-order valence-electron chi connectivity index (χ1n) is 6.29. The van der Waals surface area contributed by atoms with Crippen molar-refractivity contribution in [3.8, 4) is 0 Å². The van der Waals surface area contributed by atoms with Gasteiger partial charge in [-0.2, -0.15) is 0 Å². The van der Waals surface area contributed by atoms with E-state index in [-0.39, 0.29) is 11.4 Å². The van der Waals surface area contributed by atoms with Gasteiger partial charge in [0.1, 0.15) is 0 Å². The van der Waals surface area contributed by atoms with Gasteiger partial charge in [-0.05, 0) is 39.8 Å². The van der Waals surface area contributed by atoms with E-state index in [9.17, 15) is 4.79 Å². The molecule has 0 radical (unpaired) electrons. The number of aryl methyl sites for hydroxylation is 1. The lowest BCUT2D eigenvalue weighted by Gasteiger charge is -2.29. The Hall–Kier alpha value is -0.480. The van der Waals surface area contributed by atoms with Crippen LogP contribution in [0.5, 0.6) is 0 Å². The number of hydrogen-bond donors (Lipinski definition) is 2. The number of amides is 1. The second kappa shape index (κ2) is 6.52. The number of hydrogen-bond acceptors (Lipinski definition) is 1. The third-order valence-electron chi connectivity index (χ3n) is 2.59. The number of quaternary nitrogens is 1. The number of benzene rings is 1. The van der Waals surface area contributed by atoms with Gasteiger partial charge >= 0.3 is 0 Å². The van der Waals surface area contributed by atoms with Crippen LogP contribution in [0.25, 0.3) is 0 Å².